The summed E-state index contributed by atoms with van der Waals surface area (Å²) in [6.07, 6.45) is -4.58. The second-order valence-electron chi connectivity index (χ2n) is 6.99. The van der Waals surface area contributed by atoms with Gasteiger partial charge in [-0.2, -0.15) is 18.2 Å². The van der Waals surface area contributed by atoms with Gasteiger partial charge in [-0.1, -0.05) is 23.4 Å². The van der Waals surface area contributed by atoms with Gasteiger partial charge in [0, 0.05) is 0 Å². The zero-order valence-electron chi connectivity index (χ0n) is 17.8. The third-order valence-electron chi connectivity index (χ3n) is 4.97. The Kier molecular flexibility index (Phi) is 6.05. The average Bonchev–Trinajstić information content (AvgIpc) is 3.33. The number of halogens is 3. The van der Waals surface area contributed by atoms with Crippen LogP contribution in [0.25, 0.3) is 22.8 Å². The number of nitrogens with zero attached hydrogens (tertiary/aromatic N) is 2. The molecule has 0 saturated carbocycles. The second kappa shape index (κ2) is 8.82. The van der Waals surface area contributed by atoms with Crippen molar-refractivity contribution in [2.45, 2.75) is 16.0 Å². The maximum atomic E-state index is 13.2. The molecule has 0 spiro atoms. The number of hydrogen-bond acceptors (Lipinski definition) is 7. The molecule has 0 radical (unpaired) electrons. The van der Waals surface area contributed by atoms with Crippen molar-refractivity contribution in [1.29, 1.82) is 0 Å². The average molecular weight is 490 g/mol. The summed E-state index contributed by atoms with van der Waals surface area (Å²) in [7, 11) is -1.27. The fourth-order valence-electron chi connectivity index (χ4n) is 3.33. The van der Waals surface area contributed by atoms with E-state index in [9.17, 15) is 21.6 Å². The van der Waals surface area contributed by atoms with Gasteiger partial charge in [0.15, 0.2) is 11.5 Å². The van der Waals surface area contributed by atoms with Gasteiger partial charge in [-0.25, -0.2) is 8.42 Å². The Morgan fingerprint density at radius 1 is 0.853 bits per heavy atom. The highest BCUT2D eigenvalue weighted by Gasteiger charge is 2.31. The summed E-state index contributed by atoms with van der Waals surface area (Å²) >= 11 is 0. The second-order valence-corrected chi connectivity index (χ2v) is 8.90. The molecule has 34 heavy (non-hydrogen) atoms. The molecule has 0 aliphatic heterocycles. The number of benzene rings is 3. The lowest BCUT2D eigenvalue weighted by Gasteiger charge is -2.10. The van der Waals surface area contributed by atoms with Crippen LogP contribution in [-0.2, 0) is 16.0 Å². The SMILES string of the molecule is COc1cccc(-c2noc(-c3ccccc3S(=O)(=O)c3ccc(C(F)(F)F)cc3)n2)c1OC. The monoisotopic (exact) mass is 490 g/mol. The fraction of sp³-hybridized carbons (Fsp3) is 0.130. The zero-order chi connectivity index (χ0) is 24.5. The first-order valence-corrected chi connectivity index (χ1v) is 11.2. The summed E-state index contributed by atoms with van der Waals surface area (Å²) in [5.41, 5.74) is -0.392. The van der Waals surface area contributed by atoms with Crippen molar-refractivity contribution in [3.8, 4) is 34.3 Å². The quantitative estimate of drug-likeness (QED) is 0.364. The van der Waals surface area contributed by atoms with Crippen molar-refractivity contribution in [1.82, 2.24) is 10.1 Å². The van der Waals surface area contributed by atoms with Crippen molar-refractivity contribution >= 4 is 9.84 Å². The van der Waals surface area contributed by atoms with E-state index in [1.54, 1.807) is 24.3 Å². The molecule has 0 unspecified atom stereocenters. The molecule has 11 heteroatoms. The smallest absolute Gasteiger partial charge is 0.416 e. The van der Waals surface area contributed by atoms with Crippen molar-refractivity contribution in [2.24, 2.45) is 0 Å². The number of rotatable bonds is 6. The van der Waals surface area contributed by atoms with E-state index < -0.39 is 21.6 Å². The summed E-state index contributed by atoms with van der Waals surface area (Å²) in [5, 5.41) is 3.94. The molecule has 0 aliphatic carbocycles. The highest BCUT2D eigenvalue weighted by molar-refractivity contribution is 7.91. The standard InChI is InChI=1S/C23H17F3N2O5S/c1-31-18-8-5-7-17(20(18)32-2)21-27-22(33-28-21)16-6-3-4-9-19(16)34(29,30)15-12-10-14(11-13-15)23(24,25)26/h3-13H,1-2H3. The number of ether oxygens (including phenoxy) is 2. The van der Waals surface area contributed by atoms with Gasteiger partial charge in [-0.15, -0.1) is 0 Å². The highest BCUT2D eigenvalue weighted by Crippen LogP contribution is 2.38. The molecule has 4 aromatic rings. The molecule has 0 N–H and O–H groups in total. The van der Waals surface area contributed by atoms with Crippen LogP contribution in [0.1, 0.15) is 5.56 Å². The first-order valence-electron chi connectivity index (χ1n) is 9.73. The van der Waals surface area contributed by atoms with E-state index in [0.717, 1.165) is 24.3 Å². The van der Waals surface area contributed by atoms with Crippen LogP contribution in [0, 0.1) is 0 Å². The van der Waals surface area contributed by atoms with E-state index in [2.05, 4.69) is 10.1 Å². The fourth-order valence-corrected chi connectivity index (χ4v) is 4.78. The van der Waals surface area contributed by atoms with Crippen LogP contribution in [-0.4, -0.2) is 32.8 Å². The minimum Gasteiger partial charge on any atom is -0.493 e. The summed E-state index contributed by atoms with van der Waals surface area (Å²) in [5.74, 6) is 0.845. The first-order chi connectivity index (χ1) is 16.2. The van der Waals surface area contributed by atoms with Crippen LogP contribution in [0.2, 0.25) is 0 Å². The molecular weight excluding hydrogens is 473 g/mol. The van der Waals surface area contributed by atoms with E-state index >= 15 is 0 Å². The molecule has 3 aromatic carbocycles. The van der Waals surface area contributed by atoms with Gasteiger partial charge in [-0.05, 0) is 48.5 Å². The normalized spacial score (nSPS) is 11.9. The molecule has 176 valence electrons. The van der Waals surface area contributed by atoms with Gasteiger partial charge in [-0.3, -0.25) is 0 Å². The van der Waals surface area contributed by atoms with E-state index in [-0.39, 0.29) is 27.1 Å². The molecular formula is C23H17F3N2O5S. The summed E-state index contributed by atoms with van der Waals surface area (Å²) < 4.78 is 81.1. The summed E-state index contributed by atoms with van der Waals surface area (Å²) in [4.78, 5) is 3.83. The molecule has 0 saturated heterocycles. The molecule has 0 bridgehead atoms. The summed E-state index contributed by atoms with van der Waals surface area (Å²) in [6, 6.07) is 14.2. The van der Waals surface area contributed by atoms with Crippen molar-refractivity contribution in [3.05, 3.63) is 72.3 Å². The van der Waals surface area contributed by atoms with Gasteiger partial charge in [0.2, 0.25) is 15.7 Å². The minimum absolute atomic E-state index is 0.0917. The number of hydrogen-bond donors (Lipinski definition) is 0. The van der Waals surface area contributed by atoms with Crippen LogP contribution in [0.5, 0.6) is 11.5 Å². The van der Waals surface area contributed by atoms with Crippen LogP contribution in [0.3, 0.4) is 0 Å². The Balaban J connectivity index is 1.77. The Morgan fingerprint density at radius 3 is 2.18 bits per heavy atom. The Morgan fingerprint density at radius 2 is 1.53 bits per heavy atom. The van der Waals surface area contributed by atoms with E-state index in [4.69, 9.17) is 14.0 Å². The molecule has 4 rings (SSSR count). The van der Waals surface area contributed by atoms with Crippen LogP contribution in [0.15, 0.2) is 81.0 Å². The predicted molar refractivity (Wildman–Crippen MR) is 115 cm³/mol. The molecule has 0 aliphatic rings. The van der Waals surface area contributed by atoms with Crippen LogP contribution >= 0.6 is 0 Å². The van der Waals surface area contributed by atoms with Gasteiger partial charge in [0.05, 0.1) is 40.7 Å². The van der Waals surface area contributed by atoms with Crippen molar-refractivity contribution in [2.75, 3.05) is 14.2 Å². The van der Waals surface area contributed by atoms with Crippen molar-refractivity contribution < 1.29 is 35.6 Å². The van der Waals surface area contributed by atoms with E-state index in [1.807, 2.05) is 0 Å². The maximum Gasteiger partial charge on any atom is 0.416 e. The largest absolute Gasteiger partial charge is 0.493 e. The number of sulfone groups is 1. The van der Waals surface area contributed by atoms with Gasteiger partial charge in [0.25, 0.3) is 5.89 Å². The third-order valence-corrected chi connectivity index (χ3v) is 6.80. The first kappa shape index (κ1) is 23.3. The maximum absolute atomic E-state index is 13.2. The number of alkyl halides is 3. The van der Waals surface area contributed by atoms with E-state index in [0.29, 0.717) is 17.1 Å². The van der Waals surface area contributed by atoms with Crippen LogP contribution in [0.4, 0.5) is 13.2 Å². The Hall–Kier alpha value is -3.86. The number of methoxy groups -OCH3 is 2. The molecule has 0 amide bonds. The minimum atomic E-state index is -4.58. The van der Waals surface area contributed by atoms with Gasteiger partial charge >= 0.3 is 6.18 Å². The number of aromatic nitrogens is 2. The van der Waals surface area contributed by atoms with Crippen LogP contribution < -0.4 is 9.47 Å². The zero-order valence-corrected chi connectivity index (χ0v) is 18.6. The van der Waals surface area contributed by atoms with Gasteiger partial charge < -0.3 is 14.0 Å². The van der Waals surface area contributed by atoms with E-state index in [1.165, 1.54) is 32.4 Å². The molecule has 0 atom stereocenters. The molecule has 7 nitrogen and oxygen atoms in total. The topological polar surface area (TPSA) is 91.5 Å². The summed E-state index contributed by atoms with van der Waals surface area (Å²) in [6.45, 7) is 0. The highest BCUT2D eigenvalue weighted by atomic mass is 32.2. The Bertz CT molecular complexity index is 1430. The lowest BCUT2D eigenvalue weighted by Crippen LogP contribution is -2.07. The van der Waals surface area contributed by atoms with Crippen molar-refractivity contribution in [3.63, 3.8) is 0 Å². The lowest BCUT2D eigenvalue weighted by atomic mass is 10.1. The van der Waals surface area contributed by atoms with Gasteiger partial charge in [0.1, 0.15) is 0 Å². The molecule has 1 heterocycles. The molecule has 0 fully saturated rings. The number of para-hydroxylation sites is 1. The molecule has 1 aromatic heterocycles. The predicted octanol–water partition coefficient (Wildman–Crippen LogP) is 5.27. The third kappa shape index (κ3) is 4.21. The Labute approximate surface area is 192 Å². The lowest BCUT2D eigenvalue weighted by molar-refractivity contribution is -0.137.